The van der Waals surface area contributed by atoms with E-state index in [1.165, 1.54) is 0 Å². The fourth-order valence-corrected chi connectivity index (χ4v) is 1.45. The van der Waals surface area contributed by atoms with Crippen LogP contribution in [0.3, 0.4) is 0 Å². The van der Waals surface area contributed by atoms with E-state index in [1.54, 1.807) is 0 Å². The van der Waals surface area contributed by atoms with Crippen molar-refractivity contribution in [3.05, 3.63) is 0 Å². The number of rotatable bonds is 6. The van der Waals surface area contributed by atoms with Crippen LogP contribution in [0.5, 0.6) is 0 Å². The Balaban J connectivity index is 3.99. The average molecular weight is 228 g/mol. The van der Waals surface area contributed by atoms with Crippen LogP contribution in [0.15, 0.2) is 0 Å². The molecule has 16 heavy (non-hydrogen) atoms. The van der Waals surface area contributed by atoms with Gasteiger partial charge in [-0.2, -0.15) is 0 Å². The fraction of sp³-hybridized carbons (Fsp3) is 0.923. The van der Waals surface area contributed by atoms with Crippen molar-refractivity contribution in [2.45, 2.75) is 66.5 Å². The molecule has 4 atom stereocenters. The van der Waals surface area contributed by atoms with Crippen LogP contribution in [0.25, 0.3) is 0 Å². The summed E-state index contributed by atoms with van der Waals surface area (Å²) in [4.78, 5) is 11.7. The monoisotopic (exact) mass is 228 g/mol. The fourth-order valence-electron chi connectivity index (χ4n) is 1.45. The van der Waals surface area contributed by atoms with Gasteiger partial charge in [0, 0.05) is 12.1 Å². The molecule has 2 amide bonds. The van der Waals surface area contributed by atoms with Crippen molar-refractivity contribution >= 4 is 6.03 Å². The molecule has 0 heterocycles. The molecule has 0 spiro atoms. The number of carbonyl (C=O) groups excluding carboxylic acids is 1. The van der Waals surface area contributed by atoms with Crippen molar-refractivity contribution in [2.75, 3.05) is 0 Å². The molecule has 0 aromatic carbocycles. The molecular formula is C13H28N2O. The maximum atomic E-state index is 11.7. The van der Waals surface area contributed by atoms with Gasteiger partial charge in [-0.1, -0.05) is 40.5 Å². The predicted octanol–water partition coefficient (Wildman–Crippen LogP) is 3.15. The van der Waals surface area contributed by atoms with Crippen molar-refractivity contribution < 1.29 is 4.79 Å². The summed E-state index contributed by atoms with van der Waals surface area (Å²) in [6.07, 6.45) is 2.17. The van der Waals surface area contributed by atoms with Crippen molar-refractivity contribution in [1.82, 2.24) is 10.6 Å². The first-order chi connectivity index (χ1) is 7.42. The molecule has 0 radical (unpaired) electrons. The van der Waals surface area contributed by atoms with Gasteiger partial charge < -0.3 is 10.6 Å². The molecule has 0 rings (SSSR count). The zero-order valence-corrected chi connectivity index (χ0v) is 11.6. The van der Waals surface area contributed by atoms with Crippen molar-refractivity contribution in [2.24, 2.45) is 11.8 Å². The van der Waals surface area contributed by atoms with Gasteiger partial charge >= 0.3 is 6.03 Å². The van der Waals surface area contributed by atoms with Gasteiger partial charge in [-0.05, 0) is 25.7 Å². The van der Waals surface area contributed by atoms with Crippen LogP contribution in [0.4, 0.5) is 4.79 Å². The van der Waals surface area contributed by atoms with Gasteiger partial charge in [0.05, 0.1) is 0 Å². The van der Waals surface area contributed by atoms with Gasteiger partial charge in [0.15, 0.2) is 0 Å². The highest BCUT2D eigenvalue weighted by Crippen LogP contribution is 2.08. The maximum Gasteiger partial charge on any atom is 0.315 e. The molecular weight excluding hydrogens is 200 g/mol. The SMILES string of the molecule is CCC(C)C(C)NC(=O)NC(C)C(C)CC. The summed E-state index contributed by atoms with van der Waals surface area (Å²) in [6.45, 7) is 12.7. The number of urea groups is 1. The van der Waals surface area contributed by atoms with Gasteiger partial charge in [-0.25, -0.2) is 4.79 Å². The van der Waals surface area contributed by atoms with Crippen LogP contribution in [-0.4, -0.2) is 18.1 Å². The van der Waals surface area contributed by atoms with E-state index < -0.39 is 0 Å². The van der Waals surface area contributed by atoms with Crippen molar-refractivity contribution in [1.29, 1.82) is 0 Å². The molecule has 0 aromatic rings. The Morgan fingerprint density at radius 2 is 1.19 bits per heavy atom. The Labute approximate surface area is 100 Å². The van der Waals surface area contributed by atoms with Crippen LogP contribution < -0.4 is 10.6 Å². The number of hydrogen-bond donors (Lipinski definition) is 2. The third-order valence-corrected chi connectivity index (χ3v) is 3.71. The minimum atomic E-state index is -0.0411. The molecule has 96 valence electrons. The van der Waals surface area contributed by atoms with Gasteiger partial charge in [0.1, 0.15) is 0 Å². The van der Waals surface area contributed by atoms with Gasteiger partial charge in [-0.15, -0.1) is 0 Å². The topological polar surface area (TPSA) is 41.1 Å². The summed E-state index contributed by atoms with van der Waals surface area (Å²) in [6, 6.07) is 0.420. The minimum absolute atomic E-state index is 0.0411. The lowest BCUT2D eigenvalue weighted by molar-refractivity contribution is 0.225. The second-order valence-electron chi connectivity index (χ2n) is 4.97. The molecule has 0 saturated carbocycles. The Morgan fingerprint density at radius 1 is 0.875 bits per heavy atom. The van der Waals surface area contributed by atoms with Gasteiger partial charge in [0.25, 0.3) is 0 Å². The van der Waals surface area contributed by atoms with Crippen molar-refractivity contribution in [3.63, 3.8) is 0 Å². The Bertz CT molecular complexity index is 186. The standard InChI is InChI=1S/C13H28N2O/c1-7-9(3)11(5)14-13(16)15-12(6)10(4)8-2/h9-12H,7-8H2,1-6H3,(H2,14,15,16). The molecule has 0 bridgehead atoms. The summed E-state index contributed by atoms with van der Waals surface area (Å²) in [5.41, 5.74) is 0. The van der Waals surface area contributed by atoms with E-state index in [2.05, 4.69) is 52.2 Å². The van der Waals surface area contributed by atoms with E-state index in [-0.39, 0.29) is 18.1 Å². The van der Waals surface area contributed by atoms with Crippen LogP contribution in [0, 0.1) is 11.8 Å². The van der Waals surface area contributed by atoms with E-state index in [4.69, 9.17) is 0 Å². The Morgan fingerprint density at radius 3 is 1.44 bits per heavy atom. The number of amides is 2. The quantitative estimate of drug-likeness (QED) is 0.720. The highest BCUT2D eigenvalue weighted by molar-refractivity contribution is 5.74. The summed E-state index contributed by atoms with van der Waals surface area (Å²) in [7, 11) is 0. The van der Waals surface area contributed by atoms with Gasteiger partial charge in [0.2, 0.25) is 0 Å². The highest BCUT2D eigenvalue weighted by Gasteiger charge is 2.16. The summed E-state index contributed by atoms with van der Waals surface area (Å²) < 4.78 is 0. The van der Waals surface area contributed by atoms with Crippen LogP contribution in [0.2, 0.25) is 0 Å². The normalized spacial score (nSPS) is 18.4. The van der Waals surface area contributed by atoms with E-state index in [1.807, 2.05) is 0 Å². The highest BCUT2D eigenvalue weighted by atomic mass is 16.2. The predicted molar refractivity (Wildman–Crippen MR) is 69.5 cm³/mol. The first-order valence-electron chi connectivity index (χ1n) is 6.49. The molecule has 0 aromatic heterocycles. The summed E-state index contributed by atoms with van der Waals surface area (Å²) >= 11 is 0. The lowest BCUT2D eigenvalue weighted by Gasteiger charge is -2.24. The summed E-state index contributed by atoms with van der Waals surface area (Å²) in [5.74, 6) is 1.04. The van der Waals surface area contributed by atoms with Crippen LogP contribution >= 0.6 is 0 Å². The van der Waals surface area contributed by atoms with E-state index in [0.717, 1.165) is 12.8 Å². The molecule has 0 aliphatic rings. The molecule has 0 aliphatic heterocycles. The van der Waals surface area contributed by atoms with Gasteiger partial charge in [-0.3, -0.25) is 0 Å². The molecule has 4 unspecified atom stereocenters. The van der Waals surface area contributed by atoms with E-state index in [9.17, 15) is 4.79 Å². The number of hydrogen-bond acceptors (Lipinski definition) is 1. The molecule has 0 aliphatic carbocycles. The third kappa shape index (κ3) is 5.38. The molecule has 2 N–H and O–H groups in total. The summed E-state index contributed by atoms with van der Waals surface area (Å²) in [5, 5.41) is 5.98. The second-order valence-corrected chi connectivity index (χ2v) is 4.97. The second kappa shape index (κ2) is 7.53. The maximum absolute atomic E-state index is 11.7. The average Bonchev–Trinajstić information content (AvgIpc) is 2.26. The first-order valence-corrected chi connectivity index (χ1v) is 6.49. The largest absolute Gasteiger partial charge is 0.335 e. The zero-order valence-electron chi connectivity index (χ0n) is 11.6. The van der Waals surface area contributed by atoms with Crippen molar-refractivity contribution in [3.8, 4) is 0 Å². The first kappa shape index (κ1) is 15.3. The Kier molecular flexibility index (Phi) is 7.18. The van der Waals surface area contributed by atoms with Crippen LogP contribution in [0.1, 0.15) is 54.4 Å². The smallest absolute Gasteiger partial charge is 0.315 e. The lowest BCUT2D eigenvalue weighted by Crippen LogP contribution is -2.47. The number of nitrogens with one attached hydrogen (secondary N) is 2. The molecule has 3 heteroatoms. The van der Waals surface area contributed by atoms with E-state index in [0.29, 0.717) is 11.8 Å². The lowest BCUT2D eigenvalue weighted by atomic mass is 10.0. The third-order valence-electron chi connectivity index (χ3n) is 3.71. The minimum Gasteiger partial charge on any atom is -0.335 e. The zero-order chi connectivity index (χ0) is 12.7. The Hall–Kier alpha value is -0.730. The van der Waals surface area contributed by atoms with E-state index >= 15 is 0 Å². The van der Waals surface area contributed by atoms with Crippen LogP contribution in [-0.2, 0) is 0 Å². The molecule has 0 fully saturated rings. The number of carbonyl (C=O) groups is 1. The molecule has 3 nitrogen and oxygen atoms in total. The molecule has 0 saturated heterocycles.